The number of benzene rings is 1. The summed E-state index contributed by atoms with van der Waals surface area (Å²) in [5, 5.41) is 9.48. The number of hydrogen-bond donors (Lipinski definition) is 2. The second-order valence-corrected chi connectivity index (χ2v) is 9.63. The van der Waals surface area contributed by atoms with Crippen LogP contribution in [0, 0.1) is 5.92 Å². The van der Waals surface area contributed by atoms with Gasteiger partial charge in [-0.2, -0.15) is 4.31 Å². The molecule has 2 heterocycles. The van der Waals surface area contributed by atoms with Gasteiger partial charge in [-0.05, 0) is 48.4 Å². The first-order valence-electron chi connectivity index (χ1n) is 10.6. The second kappa shape index (κ2) is 10.7. The Bertz CT molecular complexity index is 1060. The Morgan fingerprint density at radius 3 is 2.48 bits per heavy atom. The predicted molar refractivity (Wildman–Crippen MR) is 119 cm³/mol. The summed E-state index contributed by atoms with van der Waals surface area (Å²) in [4.78, 5) is 30.6. The Balaban J connectivity index is 2.04. The number of nitrogens with zero attached hydrogens (tertiary/aromatic N) is 3. The molecule has 1 aliphatic heterocycles. The number of pyridine rings is 1. The van der Waals surface area contributed by atoms with E-state index in [-0.39, 0.29) is 23.9 Å². The molecule has 178 valence electrons. The SMILES string of the molecule is CCC(=O)N1CCC([C@H](C(=O)NO)N(Cc2ccncc2)S(=O)(=O)c2ccc(OC)cc2)C1. The maximum atomic E-state index is 13.8. The molecule has 33 heavy (non-hydrogen) atoms. The van der Waals surface area contributed by atoms with Gasteiger partial charge >= 0.3 is 0 Å². The molecule has 1 aromatic carbocycles. The number of hydrogen-bond acceptors (Lipinski definition) is 7. The zero-order valence-corrected chi connectivity index (χ0v) is 19.4. The molecular formula is C22H28N4O6S. The molecule has 1 aliphatic rings. The number of likely N-dealkylation sites (tertiary alicyclic amines) is 1. The van der Waals surface area contributed by atoms with Crippen LogP contribution < -0.4 is 10.2 Å². The second-order valence-electron chi connectivity index (χ2n) is 7.74. The van der Waals surface area contributed by atoms with E-state index >= 15 is 0 Å². The highest BCUT2D eigenvalue weighted by Crippen LogP contribution is 2.30. The van der Waals surface area contributed by atoms with Crippen molar-refractivity contribution in [3.8, 4) is 5.75 Å². The number of ether oxygens (including phenoxy) is 1. The van der Waals surface area contributed by atoms with Crippen LogP contribution in [-0.4, -0.2) is 65.9 Å². The fourth-order valence-electron chi connectivity index (χ4n) is 4.03. The first-order valence-corrected chi connectivity index (χ1v) is 12.0. The number of carbonyl (C=O) groups is 2. The number of aromatic nitrogens is 1. The minimum atomic E-state index is -4.18. The summed E-state index contributed by atoms with van der Waals surface area (Å²) in [5.74, 6) is -0.928. The highest BCUT2D eigenvalue weighted by Gasteiger charge is 2.44. The van der Waals surface area contributed by atoms with E-state index in [0.717, 1.165) is 4.31 Å². The van der Waals surface area contributed by atoms with Crippen LogP contribution in [0.25, 0.3) is 0 Å². The average molecular weight is 477 g/mol. The summed E-state index contributed by atoms with van der Waals surface area (Å²) in [5.41, 5.74) is 2.25. The molecule has 0 spiro atoms. The number of sulfonamides is 1. The van der Waals surface area contributed by atoms with Crippen molar-refractivity contribution >= 4 is 21.8 Å². The van der Waals surface area contributed by atoms with E-state index in [0.29, 0.717) is 30.7 Å². The minimum Gasteiger partial charge on any atom is -0.497 e. The third-order valence-corrected chi connectivity index (χ3v) is 7.61. The van der Waals surface area contributed by atoms with Gasteiger partial charge in [-0.25, -0.2) is 13.9 Å². The van der Waals surface area contributed by atoms with E-state index < -0.39 is 27.9 Å². The van der Waals surface area contributed by atoms with Crippen molar-refractivity contribution in [1.82, 2.24) is 19.7 Å². The Hall–Kier alpha value is -3.02. The van der Waals surface area contributed by atoms with Gasteiger partial charge in [0.05, 0.1) is 12.0 Å². The average Bonchev–Trinajstić information content (AvgIpc) is 3.33. The molecule has 0 radical (unpaired) electrons. The van der Waals surface area contributed by atoms with E-state index in [1.807, 2.05) is 0 Å². The van der Waals surface area contributed by atoms with Crippen molar-refractivity contribution in [2.24, 2.45) is 5.92 Å². The molecule has 11 heteroatoms. The topological polar surface area (TPSA) is 129 Å². The predicted octanol–water partition coefficient (Wildman–Crippen LogP) is 1.41. The molecule has 0 saturated carbocycles. The molecule has 2 aromatic rings. The van der Waals surface area contributed by atoms with Crippen molar-refractivity contribution in [2.75, 3.05) is 20.2 Å². The van der Waals surface area contributed by atoms with Gasteiger partial charge in [-0.3, -0.25) is 19.8 Å². The summed E-state index contributed by atoms with van der Waals surface area (Å²) in [6.45, 7) is 2.26. The molecule has 1 fully saturated rings. The van der Waals surface area contributed by atoms with Gasteiger partial charge in [0.1, 0.15) is 11.8 Å². The molecule has 1 unspecified atom stereocenters. The lowest BCUT2D eigenvalue weighted by Gasteiger charge is -2.33. The van der Waals surface area contributed by atoms with Crippen LogP contribution in [0.1, 0.15) is 25.3 Å². The van der Waals surface area contributed by atoms with Crippen molar-refractivity contribution in [3.63, 3.8) is 0 Å². The normalized spacial score (nSPS) is 17.1. The van der Waals surface area contributed by atoms with Crippen LogP contribution in [-0.2, 0) is 26.2 Å². The number of rotatable bonds is 9. The van der Waals surface area contributed by atoms with E-state index in [9.17, 15) is 23.2 Å². The van der Waals surface area contributed by atoms with E-state index in [2.05, 4.69) is 4.98 Å². The lowest BCUT2D eigenvalue weighted by atomic mass is 9.98. The summed E-state index contributed by atoms with van der Waals surface area (Å²) in [6.07, 6.45) is 3.81. The maximum Gasteiger partial charge on any atom is 0.262 e. The zero-order chi connectivity index (χ0) is 24.0. The third-order valence-electron chi connectivity index (χ3n) is 5.77. The molecule has 1 saturated heterocycles. The Morgan fingerprint density at radius 2 is 1.91 bits per heavy atom. The first kappa shape index (κ1) is 24.6. The van der Waals surface area contributed by atoms with Crippen LogP contribution in [0.5, 0.6) is 5.75 Å². The first-order chi connectivity index (χ1) is 15.8. The highest BCUT2D eigenvalue weighted by molar-refractivity contribution is 7.89. The molecular weight excluding hydrogens is 448 g/mol. The fourth-order valence-corrected chi connectivity index (χ4v) is 5.66. The number of hydroxylamine groups is 1. The van der Waals surface area contributed by atoms with Crippen LogP contribution in [0.15, 0.2) is 53.7 Å². The number of carbonyl (C=O) groups excluding carboxylic acids is 2. The number of methoxy groups -OCH3 is 1. The summed E-state index contributed by atoms with van der Waals surface area (Å²) < 4.78 is 33.7. The standard InChI is InChI=1S/C22H28N4O6S/c1-3-20(27)25-13-10-17(15-25)21(22(28)24-29)26(14-16-8-11-23-12-9-16)33(30,31)19-6-4-18(32-2)5-7-19/h4-9,11-12,17,21,29H,3,10,13-15H2,1-2H3,(H,24,28)/t17?,21-/m1/s1. The van der Waals surface area contributed by atoms with E-state index in [4.69, 9.17) is 4.74 Å². The summed E-state index contributed by atoms with van der Waals surface area (Å²) in [7, 11) is -2.70. The quantitative estimate of drug-likeness (QED) is 0.414. The van der Waals surface area contributed by atoms with E-state index in [1.165, 1.54) is 43.8 Å². The van der Waals surface area contributed by atoms with Crippen LogP contribution in [0.4, 0.5) is 0 Å². The Kier molecular flexibility index (Phi) is 8.01. The maximum absolute atomic E-state index is 13.8. The molecule has 2 N–H and O–H groups in total. The van der Waals surface area contributed by atoms with Gasteiger partial charge in [0.15, 0.2) is 0 Å². The number of amides is 2. The van der Waals surface area contributed by atoms with Crippen LogP contribution >= 0.6 is 0 Å². The highest BCUT2D eigenvalue weighted by atomic mass is 32.2. The molecule has 10 nitrogen and oxygen atoms in total. The zero-order valence-electron chi connectivity index (χ0n) is 18.5. The molecule has 0 aliphatic carbocycles. The molecule has 2 atom stereocenters. The van der Waals surface area contributed by atoms with Gasteiger partial charge in [-0.1, -0.05) is 6.92 Å². The van der Waals surface area contributed by atoms with Crippen LogP contribution in [0.3, 0.4) is 0 Å². The number of nitrogens with one attached hydrogen (secondary N) is 1. The van der Waals surface area contributed by atoms with Crippen molar-refractivity contribution in [3.05, 3.63) is 54.4 Å². The largest absolute Gasteiger partial charge is 0.497 e. The molecule has 1 aromatic heterocycles. The van der Waals surface area contributed by atoms with Crippen LogP contribution in [0.2, 0.25) is 0 Å². The third kappa shape index (κ3) is 5.49. The summed E-state index contributed by atoms with van der Waals surface area (Å²) in [6, 6.07) is 7.95. The van der Waals surface area contributed by atoms with Crippen molar-refractivity contribution in [1.29, 1.82) is 0 Å². The van der Waals surface area contributed by atoms with Crippen molar-refractivity contribution in [2.45, 2.75) is 37.2 Å². The smallest absolute Gasteiger partial charge is 0.262 e. The molecule has 2 amide bonds. The van der Waals surface area contributed by atoms with Gasteiger partial charge in [0.25, 0.3) is 5.91 Å². The van der Waals surface area contributed by atoms with Gasteiger partial charge in [-0.15, -0.1) is 0 Å². The lowest BCUT2D eigenvalue weighted by Crippen LogP contribution is -2.53. The minimum absolute atomic E-state index is 0.0208. The summed E-state index contributed by atoms with van der Waals surface area (Å²) >= 11 is 0. The van der Waals surface area contributed by atoms with Gasteiger partial charge in [0, 0.05) is 44.4 Å². The van der Waals surface area contributed by atoms with E-state index in [1.54, 1.807) is 29.4 Å². The lowest BCUT2D eigenvalue weighted by molar-refractivity contribution is -0.136. The monoisotopic (exact) mass is 476 g/mol. The molecule has 0 bridgehead atoms. The van der Waals surface area contributed by atoms with Gasteiger partial charge in [0.2, 0.25) is 15.9 Å². The van der Waals surface area contributed by atoms with Gasteiger partial charge < -0.3 is 9.64 Å². The van der Waals surface area contributed by atoms with Crippen molar-refractivity contribution < 1.29 is 28.0 Å². The Labute approximate surface area is 193 Å². The Morgan fingerprint density at radius 1 is 1.24 bits per heavy atom. The molecule has 3 rings (SSSR count). The fraction of sp³-hybridized carbons (Fsp3) is 0.409.